The van der Waals surface area contributed by atoms with Gasteiger partial charge < -0.3 is 10.6 Å². The summed E-state index contributed by atoms with van der Waals surface area (Å²) in [6.45, 7) is 3.40. The number of hydrogen-bond acceptors (Lipinski definition) is 3. The number of carbonyl (C=O) groups is 1. The third kappa shape index (κ3) is 2.52. The van der Waals surface area contributed by atoms with Gasteiger partial charge in [-0.1, -0.05) is 6.07 Å². The highest BCUT2D eigenvalue weighted by atomic mass is 16.1. The van der Waals surface area contributed by atoms with Gasteiger partial charge in [0.1, 0.15) is 0 Å². The van der Waals surface area contributed by atoms with Crippen LogP contribution in [0.5, 0.6) is 0 Å². The summed E-state index contributed by atoms with van der Waals surface area (Å²) in [5, 5.41) is 14.6. The molecule has 1 aromatic carbocycles. The van der Waals surface area contributed by atoms with E-state index in [-0.39, 0.29) is 5.91 Å². The number of anilines is 1. The van der Waals surface area contributed by atoms with Crippen LogP contribution < -0.4 is 10.6 Å². The number of amides is 1. The lowest BCUT2D eigenvalue weighted by Gasteiger charge is -2.21. The smallest absolute Gasteiger partial charge is 0.251 e. The second-order valence-electron chi connectivity index (χ2n) is 3.98. The van der Waals surface area contributed by atoms with Crippen LogP contribution in [-0.2, 0) is 4.79 Å². The molecular weight excluding hydrogens is 214 g/mol. The second-order valence-corrected chi connectivity index (χ2v) is 3.98. The lowest BCUT2D eigenvalue weighted by molar-refractivity contribution is -0.112. The van der Waals surface area contributed by atoms with Gasteiger partial charge in [-0.3, -0.25) is 4.79 Å². The molecule has 0 spiro atoms. The molecule has 0 bridgehead atoms. The van der Waals surface area contributed by atoms with Crippen molar-refractivity contribution in [3.8, 4) is 6.07 Å². The molecule has 1 aliphatic rings. The van der Waals surface area contributed by atoms with E-state index in [0.717, 1.165) is 24.2 Å². The van der Waals surface area contributed by atoms with Crippen molar-refractivity contribution in [2.75, 3.05) is 18.4 Å². The van der Waals surface area contributed by atoms with Crippen molar-refractivity contribution in [2.24, 2.45) is 0 Å². The minimum Gasteiger partial charge on any atom is -0.322 e. The summed E-state index contributed by atoms with van der Waals surface area (Å²) in [6, 6.07) is 8.93. The molecule has 1 aromatic rings. The summed E-state index contributed by atoms with van der Waals surface area (Å²) in [6.07, 6.45) is 0. The van der Waals surface area contributed by atoms with Crippen LogP contribution in [0.1, 0.15) is 12.5 Å². The SMILES string of the molecule is CC(C(=O)Nc1cccc(C#N)c1)=C1CNC1. The van der Waals surface area contributed by atoms with E-state index in [2.05, 4.69) is 10.6 Å². The summed E-state index contributed by atoms with van der Waals surface area (Å²) in [5.41, 5.74) is 3.09. The van der Waals surface area contributed by atoms with Gasteiger partial charge >= 0.3 is 0 Å². The number of benzene rings is 1. The molecule has 0 unspecified atom stereocenters. The lowest BCUT2D eigenvalue weighted by atomic mass is 10.0. The van der Waals surface area contributed by atoms with Crippen molar-refractivity contribution in [2.45, 2.75) is 6.92 Å². The fourth-order valence-electron chi connectivity index (χ4n) is 1.57. The highest BCUT2D eigenvalue weighted by Crippen LogP contribution is 2.14. The first kappa shape index (κ1) is 11.4. The standard InChI is InChI=1S/C13H13N3O/c1-9(11-7-15-8-11)13(17)16-12-4-2-3-10(5-12)6-14/h2-5,15H,7-8H2,1H3,(H,16,17). The number of nitrogens with one attached hydrogen (secondary N) is 2. The van der Waals surface area contributed by atoms with E-state index in [1.54, 1.807) is 24.3 Å². The van der Waals surface area contributed by atoms with Gasteiger partial charge in [-0.15, -0.1) is 0 Å². The zero-order valence-electron chi connectivity index (χ0n) is 9.58. The first-order valence-electron chi connectivity index (χ1n) is 5.41. The van der Waals surface area contributed by atoms with Crippen molar-refractivity contribution >= 4 is 11.6 Å². The van der Waals surface area contributed by atoms with Crippen LogP contribution in [0.4, 0.5) is 5.69 Å². The number of rotatable bonds is 2. The van der Waals surface area contributed by atoms with E-state index in [4.69, 9.17) is 5.26 Å². The van der Waals surface area contributed by atoms with Crippen molar-refractivity contribution in [1.82, 2.24) is 5.32 Å². The Morgan fingerprint density at radius 3 is 2.82 bits per heavy atom. The average Bonchev–Trinajstić information content (AvgIpc) is 2.27. The highest BCUT2D eigenvalue weighted by molar-refractivity contribution is 6.04. The summed E-state index contributed by atoms with van der Waals surface area (Å²) in [7, 11) is 0. The minimum atomic E-state index is -0.100. The van der Waals surface area contributed by atoms with Crippen molar-refractivity contribution < 1.29 is 4.79 Å². The normalized spacial score (nSPS) is 13.5. The minimum absolute atomic E-state index is 0.100. The highest BCUT2D eigenvalue weighted by Gasteiger charge is 2.15. The van der Waals surface area contributed by atoms with Crippen LogP contribution in [0.2, 0.25) is 0 Å². The zero-order valence-corrected chi connectivity index (χ0v) is 9.58. The van der Waals surface area contributed by atoms with Gasteiger partial charge in [0.05, 0.1) is 11.6 Å². The van der Waals surface area contributed by atoms with Gasteiger partial charge in [0.25, 0.3) is 5.91 Å². The Bertz CT molecular complexity index is 520. The summed E-state index contributed by atoms with van der Waals surface area (Å²) >= 11 is 0. The Balaban J connectivity index is 2.10. The predicted octanol–water partition coefficient (Wildman–Crippen LogP) is 1.42. The number of nitrogens with zero attached hydrogens (tertiary/aromatic N) is 1. The van der Waals surface area contributed by atoms with Crippen LogP contribution >= 0.6 is 0 Å². The van der Waals surface area contributed by atoms with Gasteiger partial charge in [0.15, 0.2) is 0 Å². The molecule has 4 heteroatoms. The van der Waals surface area contributed by atoms with E-state index >= 15 is 0 Å². The van der Waals surface area contributed by atoms with Crippen molar-refractivity contribution in [3.05, 3.63) is 41.0 Å². The topological polar surface area (TPSA) is 64.9 Å². The summed E-state index contributed by atoms with van der Waals surface area (Å²) in [5.74, 6) is -0.100. The van der Waals surface area contributed by atoms with Crippen molar-refractivity contribution in [3.63, 3.8) is 0 Å². The molecule has 17 heavy (non-hydrogen) atoms. The number of hydrogen-bond donors (Lipinski definition) is 2. The maximum atomic E-state index is 11.9. The van der Waals surface area contributed by atoms with Gasteiger partial charge in [-0.05, 0) is 30.7 Å². The van der Waals surface area contributed by atoms with Crippen LogP contribution in [0.25, 0.3) is 0 Å². The molecule has 1 aliphatic heterocycles. The number of nitriles is 1. The molecule has 0 atom stereocenters. The first-order valence-corrected chi connectivity index (χ1v) is 5.41. The third-order valence-electron chi connectivity index (χ3n) is 2.80. The summed E-state index contributed by atoms with van der Waals surface area (Å²) in [4.78, 5) is 11.9. The molecule has 2 rings (SSSR count). The van der Waals surface area contributed by atoms with Gasteiger partial charge in [0, 0.05) is 24.4 Å². The zero-order chi connectivity index (χ0) is 12.3. The predicted molar refractivity (Wildman–Crippen MR) is 65.4 cm³/mol. The molecule has 4 nitrogen and oxygen atoms in total. The van der Waals surface area contributed by atoms with Crippen LogP contribution in [0.3, 0.4) is 0 Å². The molecule has 0 aromatic heterocycles. The third-order valence-corrected chi connectivity index (χ3v) is 2.80. The Kier molecular flexibility index (Phi) is 3.22. The van der Waals surface area contributed by atoms with E-state index in [0.29, 0.717) is 11.3 Å². The fourth-order valence-corrected chi connectivity index (χ4v) is 1.57. The summed E-state index contributed by atoms with van der Waals surface area (Å²) < 4.78 is 0. The van der Waals surface area contributed by atoms with E-state index in [9.17, 15) is 4.79 Å². The van der Waals surface area contributed by atoms with Crippen LogP contribution in [-0.4, -0.2) is 19.0 Å². The van der Waals surface area contributed by atoms with Gasteiger partial charge in [-0.25, -0.2) is 0 Å². The van der Waals surface area contributed by atoms with Crippen LogP contribution in [0, 0.1) is 11.3 Å². The molecule has 1 amide bonds. The number of carbonyl (C=O) groups excluding carboxylic acids is 1. The molecule has 1 fully saturated rings. The molecule has 2 N–H and O–H groups in total. The fraction of sp³-hybridized carbons (Fsp3) is 0.231. The molecule has 0 aliphatic carbocycles. The van der Waals surface area contributed by atoms with E-state index in [1.807, 2.05) is 13.0 Å². The monoisotopic (exact) mass is 227 g/mol. The van der Waals surface area contributed by atoms with E-state index in [1.165, 1.54) is 0 Å². The first-order chi connectivity index (χ1) is 8.20. The van der Waals surface area contributed by atoms with E-state index < -0.39 is 0 Å². The molecule has 1 saturated heterocycles. The Labute approximate surface area is 99.9 Å². The molecule has 1 heterocycles. The van der Waals surface area contributed by atoms with Crippen molar-refractivity contribution in [1.29, 1.82) is 5.26 Å². The van der Waals surface area contributed by atoms with Gasteiger partial charge in [0.2, 0.25) is 0 Å². The molecule has 86 valence electrons. The maximum Gasteiger partial charge on any atom is 0.251 e. The second kappa shape index (κ2) is 4.81. The van der Waals surface area contributed by atoms with Crippen LogP contribution in [0.15, 0.2) is 35.4 Å². The Morgan fingerprint density at radius 2 is 2.24 bits per heavy atom. The maximum absolute atomic E-state index is 11.9. The quantitative estimate of drug-likeness (QED) is 0.751. The largest absolute Gasteiger partial charge is 0.322 e. The Hall–Kier alpha value is -2.12. The molecular formula is C13H13N3O. The molecule has 0 saturated carbocycles. The van der Waals surface area contributed by atoms with Gasteiger partial charge in [-0.2, -0.15) is 5.26 Å². The average molecular weight is 227 g/mol. The lowest BCUT2D eigenvalue weighted by Crippen LogP contribution is -2.36. The molecule has 0 radical (unpaired) electrons. The Morgan fingerprint density at radius 1 is 1.47 bits per heavy atom.